The Bertz CT molecular complexity index is 798. The Morgan fingerprint density at radius 2 is 1.95 bits per heavy atom. The monoisotopic (exact) mass is 323 g/mol. The molecule has 2 aromatic rings. The molecule has 0 aliphatic carbocycles. The second kappa shape index (κ2) is 6.15. The summed E-state index contributed by atoms with van der Waals surface area (Å²) in [4.78, 5) is 10.5. The van der Waals surface area contributed by atoms with Gasteiger partial charge in [-0.1, -0.05) is 12.1 Å². The Morgan fingerprint density at radius 1 is 1.23 bits per heavy atom. The Morgan fingerprint density at radius 3 is 2.59 bits per heavy atom. The highest BCUT2D eigenvalue weighted by molar-refractivity contribution is 7.92. The lowest BCUT2D eigenvalue weighted by atomic mass is 10.1. The molecule has 0 fully saturated rings. The van der Waals surface area contributed by atoms with E-state index in [0.717, 1.165) is 6.07 Å². The van der Waals surface area contributed by atoms with E-state index in [-0.39, 0.29) is 17.0 Å². The zero-order valence-electron chi connectivity index (χ0n) is 11.7. The maximum Gasteiger partial charge on any atom is 0.307 e. The maximum absolute atomic E-state index is 13.3. The first kappa shape index (κ1) is 16.0. The summed E-state index contributed by atoms with van der Waals surface area (Å²) >= 11 is 0. The molecule has 0 atom stereocenters. The summed E-state index contributed by atoms with van der Waals surface area (Å²) < 4.78 is 40.2. The van der Waals surface area contributed by atoms with Crippen LogP contribution in [0, 0.1) is 12.7 Å². The van der Waals surface area contributed by atoms with Gasteiger partial charge in [0.15, 0.2) is 0 Å². The Hall–Kier alpha value is -2.41. The van der Waals surface area contributed by atoms with Gasteiger partial charge >= 0.3 is 5.97 Å². The molecule has 0 amide bonds. The first-order valence-electron chi connectivity index (χ1n) is 6.37. The lowest BCUT2D eigenvalue weighted by molar-refractivity contribution is -0.136. The van der Waals surface area contributed by atoms with E-state index < -0.39 is 21.8 Å². The third-order valence-electron chi connectivity index (χ3n) is 2.86. The lowest BCUT2D eigenvalue weighted by Crippen LogP contribution is -2.13. The van der Waals surface area contributed by atoms with Crippen molar-refractivity contribution in [3.63, 3.8) is 0 Å². The minimum Gasteiger partial charge on any atom is -0.481 e. The highest BCUT2D eigenvalue weighted by Crippen LogP contribution is 2.19. The highest BCUT2D eigenvalue weighted by atomic mass is 32.2. The van der Waals surface area contributed by atoms with Crippen molar-refractivity contribution in [1.29, 1.82) is 0 Å². The molecule has 22 heavy (non-hydrogen) atoms. The third-order valence-corrected chi connectivity index (χ3v) is 4.22. The summed E-state index contributed by atoms with van der Waals surface area (Å²) in [5.74, 6) is -1.65. The summed E-state index contributed by atoms with van der Waals surface area (Å²) in [5, 5.41) is 8.75. The van der Waals surface area contributed by atoms with E-state index >= 15 is 0 Å². The number of benzene rings is 2. The van der Waals surface area contributed by atoms with Crippen LogP contribution in [0.1, 0.15) is 11.1 Å². The molecule has 116 valence electrons. The van der Waals surface area contributed by atoms with Gasteiger partial charge in [0, 0.05) is 5.69 Å². The van der Waals surface area contributed by atoms with Crippen molar-refractivity contribution in [2.24, 2.45) is 0 Å². The van der Waals surface area contributed by atoms with Gasteiger partial charge in [0.2, 0.25) is 0 Å². The fraction of sp³-hybridized carbons (Fsp3) is 0.133. The molecule has 0 aliphatic rings. The molecule has 5 nitrogen and oxygen atoms in total. The van der Waals surface area contributed by atoms with Crippen LogP contribution >= 0.6 is 0 Å². The number of hydrogen-bond donors (Lipinski definition) is 2. The van der Waals surface area contributed by atoms with Gasteiger partial charge < -0.3 is 5.11 Å². The quantitative estimate of drug-likeness (QED) is 0.886. The van der Waals surface area contributed by atoms with E-state index in [1.54, 1.807) is 19.1 Å². The number of aliphatic carboxylic acids is 1. The van der Waals surface area contributed by atoms with Crippen LogP contribution in [0.3, 0.4) is 0 Å². The second-order valence-corrected chi connectivity index (χ2v) is 6.52. The van der Waals surface area contributed by atoms with Crippen molar-refractivity contribution in [3.8, 4) is 0 Å². The molecule has 7 heteroatoms. The van der Waals surface area contributed by atoms with Crippen molar-refractivity contribution < 1.29 is 22.7 Å². The SMILES string of the molecule is Cc1cc(F)cc(S(=O)(=O)Nc2cccc(CC(=O)O)c2)c1. The van der Waals surface area contributed by atoms with Gasteiger partial charge in [0.05, 0.1) is 11.3 Å². The van der Waals surface area contributed by atoms with Crippen LogP contribution in [0.15, 0.2) is 47.4 Å². The van der Waals surface area contributed by atoms with E-state index in [0.29, 0.717) is 11.1 Å². The molecule has 0 bridgehead atoms. The van der Waals surface area contributed by atoms with Gasteiger partial charge in [0.1, 0.15) is 5.82 Å². The largest absolute Gasteiger partial charge is 0.481 e. The molecule has 0 saturated heterocycles. The molecular formula is C15H14FNO4S. The average molecular weight is 323 g/mol. The molecule has 2 rings (SSSR count). The molecule has 0 radical (unpaired) electrons. The Balaban J connectivity index is 2.30. The maximum atomic E-state index is 13.3. The zero-order chi connectivity index (χ0) is 16.3. The summed E-state index contributed by atoms with van der Waals surface area (Å²) in [6.45, 7) is 1.59. The molecule has 0 aromatic heterocycles. The third kappa shape index (κ3) is 4.05. The topological polar surface area (TPSA) is 83.5 Å². The van der Waals surface area contributed by atoms with Gasteiger partial charge in [-0.05, 0) is 48.4 Å². The number of rotatable bonds is 5. The van der Waals surface area contributed by atoms with Gasteiger partial charge in [-0.15, -0.1) is 0 Å². The highest BCUT2D eigenvalue weighted by Gasteiger charge is 2.16. The second-order valence-electron chi connectivity index (χ2n) is 4.84. The molecule has 2 N–H and O–H groups in total. The minimum absolute atomic E-state index is 0.186. The fourth-order valence-corrected chi connectivity index (χ4v) is 3.16. The first-order valence-corrected chi connectivity index (χ1v) is 7.85. The van der Waals surface area contributed by atoms with Crippen molar-refractivity contribution in [2.45, 2.75) is 18.2 Å². The van der Waals surface area contributed by atoms with Crippen LogP contribution in [-0.2, 0) is 21.2 Å². The van der Waals surface area contributed by atoms with Crippen molar-refractivity contribution in [3.05, 3.63) is 59.4 Å². The Kier molecular flexibility index (Phi) is 4.46. The molecule has 0 unspecified atom stereocenters. The minimum atomic E-state index is -3.94. The number of nitrogens with one attached hydrogen (secondary N) is 1. The predicted molar refractivity (Wildman–Crippen MR) is 79.7 cm³/mol. The van der Waals surface area contributed by atoms with Crippen LogP contribution in [-0.4, -0.2) is 19.5 Å². The van der Waals surface area contributed by atoms with E-state index in [4.69, 9.17) is 5.11 Å². The molecule has 0 spiro atoms. The summed E-state index contributed by atoms with van der Waals surface area (Å²) in [5.41, 5.74) is 1.17. The van der Waals surface area contributed by atoms with Gasteiger partial charge in [-0.3, -0.25) is 9.52 Å². The van der Waals surface area contributed by atoms with Crippen LogP contribution < -0.4 is 4.72 Å². The summed E-state index contributed by atoms with van der Waals surface area (Å²) in [6, 6.07) is 9.56. The van der Waals surface area contributed by atoms with Crippen molar-refractivity contribution in [1.82, 2.24) is 0 Å². The van der Waals surface area contributed by atoms with Gasteiger partial charge in [-0.2, -0.15) is 0 Å². The number of hydrogen-bond acceptors (Lipinski definition) is 3. The number of carbonyl (C=O) groups is 1. The smallest absolute Gasteiger partial charge is 0.307 e. The first-order chi connectivity index (χ1) is 10.3. The van der Waals surface area contributed by atoms with E-state index in [1.807, 2.05) is 0 Å². The standard InChI is InChI=1S/C15H14FNO4S/c1-10-5-12(16)9-14(6-10)22(20,21)17-13-4-2-3-11(7-13)8-15(18)19/h2-7,9,17H,8H2,1H3,(H,18,19). The average Bonchev–Trinajstić information content (AvgIpc) is 2.36. The predicted octanol–water partition coefficient (Wildman–Crippen LogP) is 2.56. The summed E-state index contributed by atoms with van der Waals surface area (Å²) in [6.07, 6.45) is -0.214. The number of halogens is 1. The fourth-order valence-electron chi connectivity index (χ4n) is 1.99. The number of aryl methyl sites for hydroxylation is 1. The van der Waals surface area contributed by atoms with Crippen LogP contribution in [0.25, 0.3) is 0 Å². The number of sulfonamides is 1. The number of carboxylic acid groups (broad SMARTS) is 1. The molecule has 0 heterocycles. The summed E-state index contributed by atoms with van der Waals surface area (Å²) in [7, 11) is -3.94. The molecular weight excluding hydrogens is 309 g/mol. The van der Waals surface area contributed by atoms with E-state index in [9.17, 15) is 17.6 Å². The van der Waals surface area contributed by atoms with Crippen molar-refractivity contribution in [2.75, 3.05) is 4.72 Å². The van der Waals surface area contributed by atoms with Gasteiger partial charge in [0.25, 0.3) is 10.0 Å². The van der Waals surface area contributed by atoms with Crippen molar-refractivity contribution >= 4 is 21.7 Å². The van der Waals surface area contributed by atoms with Gasteiger partial charge in [-0.25, -0.2) is 12.8 Å². The lowest BCUT2D eigenvalue weighted by Gasteiger charge is -2.10. The molecule has 2 aromatic carbocycles. The number of anilines is 1. The normalized spacial score (nSPS) is 11.2. The zero-order valence-corrected chi connectivity index (χ0v) is 12.5. The number of carboxylic acids is 1. The Labute approximate surface area is 127 Å². The van der Waals surface area contributed by atoms with Crippen LogP contribution in [0.4, 0.5) is 10.1 Å². The van der Waals surface area contributed by atoms with E-state index in [2.05, 4.69) is 4.72 Å². The van der Waals surface area contributed by atoms with Crippen LogP contribution in [0.5, 0.6) is 0 Å². The van der Waals surface area contributed by atoms with Crippen LogP contribution in [0.2, 0.25) is 0 Å². The molecule has 0 aliphatic heterocycles. The molecule has 0 saturated carbocycles. The van der Waals surface area contributed by atoms with E-state index in [1.165, 1.54) is 24.3 Å².